The first-order valence-corrected chi connectivity index (χ1v) is 6.35. The van der Waals surface area contributed by atoms with Crippen molar-refractivity contribution in [2.45, 2.75) is 12.7 Å². The lowest BCUT2D eigenvalue weighted by molar-refractivity contribution is 0.0544. The minimum Gasteiger partial charge on any atom is -0.463 e. The third-order valence-corrected chi connectivity index (χ3v) is 2.93. The number of hydrogen-bond acceptors (Lipinski definition) is 6. The van der Waals surface area contributed by atoms with Gasteiger partial charge in [-0.05, 0) is 5.56 Å². The molecule has 0 aliphatic carbocycles. The zero-order valence-corrected chi connectivity index (χ0v) is 12.2. The summed E-state index contributed by atoms with van der Waals surface area (Å²) >= 11 is 0. The number of carbonyl (C=O) groups is 1. The van der Waals surface area contributed by atoms with Crippen molar-refractivity contribution >= 4 is 5.97 Å². The summed E-state index contributed by atoms with van der Waals surface area (Å²) in [6.45, 7) is 0.152. The van der Waals surface area contributed by atoms with Crippen LogP contribution in [0.1, 0.15) is 33.8 Å². The van der Waals surface area contributed by atoms with Crippen molar-refractivity contribution in [3.63, 3.8) is 0 Å². The van der Waals surface area contributed by atoms with Gasteiger partial charge in [0.05, 0.1) is 13.7 Å². The normalized spacial score (nSPS) is 12.1. The van der Waals surface area contributed by atoms with Crippen LogP contribution in [0.25, 0.3) is 0 Å². The topological polar surface area (TPSA) is 70.8 Å². The van der Waals surface area contributed by atoms with Gasteiger partial charge in [0.25, 0.3) is 0 Å². The molecule has 0 saturated carbocycles. The zero-order chi connectivity index (χ0) is 15.2. The molecule has 1 aromatic heterocycles. The highest BCUT2D eigenvalue weighted by atomic mass is 16.5. The van der Waals surface area contributed by atoms with Gasteiger partial charge in [0.1, 0.15) is 5.69 Å². The molecule has 2 rings (SSSR count). The van der Waals surface area contributed by atoms with Crippen molar-refractivity contribution in [3.8, 4) is 0 Å². The largest absolute Gasteiger partial charge is 0.463 e. The van der Waals surface area contributed by atoms with Crippen LogP contribution in [0.15, 0.2) is 34.7 Å². The Bertz CT molecular complexity index is 593. The number of benzene rings is 1. The highest BCUT2D eigenvalue weighted by molar-refractivity contribution is 5.87. The molecule has 1 atom stereocenters. The molecular weight excluding hydrogens is 274 g/mol. The summed E-state index contributed by atoms with van der Waals surface area (Å²) < 4.78 is 20.7. The highest BCUT2D eigenvalue weighted by Gasteiger charge is 2.26. The number of esters is 1. The van der Waals surface area contributed by atoms with E-state index in [1.807, 2.05) is 30.3 Å². The maximum Gasteiger partial charge on any atom is 0.376 e. The molecule has 0 spiro atoms. The summed E-state index contributed by atoms with van der Waals surface area (Å²) in [4.78, 5) is 16.0. The lowest BCUT2D eigenvalue weighted by Gasteiger charge is -2.11. The molecule has 0 saturated heterocycles. The van der Waals surface area contributed by atoms with E-state index in [0.29, 0.717) is 5.69 Å². The van der Waals surface area contributed by atoms with E-state index in [0.717, 1.165) is 5.56 Å². The van der Waals surface area contributed by atoms with Gasteiger partial charge >= 0.3 is 5.97 Å². The molecule has 0 bridgehead atoms. The Balaban J connectivity index is 2.40. The molecule has 0 aliphatic heterocycles. The van der Waals surface area contributed by atoms with Crippen molar-refractivity contribution in [1.82, 2.24) is 4.98 Å². The lowest BCUT2D eigenvalue weighted by Crippen LogP contribution is -2.04. The fourth-order valence-electron chi connectivity index (χ4n) is 1.98. The van der Waals surface area contributed by atoms with Crippen LogP contribution in [0, 0.1) is 0 Å². The van der Waals surface area contributed by atoms with Crippen molar-refractivity contribution in [3.05, 3.63) is 53.2 Å². The number of methoxy groups -OCH3 is 3. The minimum absolute atomic E-state index is 0.0346. The molecule has 2 aromatic rings. The average Bonchev–Trinajstić information content (AvgIpc) is 2.92. The summed E-state index contributed by atoms with van der Waals surface area (Å²) in [6.07, 6.45) is -0.500. The van der Waals surface area contributed by atoms with Crippen LogP contribution in [0.3, 0.4) is 0 Å². The molecule has 1 unspecified atom stereocenters. The van der Waals surface area contributed by atoms with Gasteiger partial charge in [-0.15, -0.1) is 0 Å². The van der Waals surface area contributed by atoms with Crippen LogP contribution in [0.4, 0.5) is 0 Å². The van der Waals surface area contributed by atoms with E-state index in [1.165, 1.54) is 14.2 Å². The van der Waals surface area contributed by atoms with Crippen LogP contribution in [0.5, 0.6) is 0 Å². The maximum absolute atomic E-state index is 11.7. The molecule has 0 radical (unpaired) electrons. The highest BCUT2D eigenvalue weighted by Crippen LogP contribution is 2.27. The van der Waals surface area contributed by atoms with E-state index >= 15 is 0 Å². The predicted octanol–water partition coefficient (Wildman–Crippen LogP) is 2.34. The van der Waals surface area contributed by atoms with E-state index in [2.05, 4.69) is 9.72 Å². The Hall–Kier alpha value is -2.18. The van der Waals surface area contributed by atoms with Gasteiger partial charge in [-0.1, -0.05) is 30.3 Å². The first-order chi connectivity index (χ1) is 10.2. The molecule has 21 heavy (non-hydrogen) atoms. The molecule has 1 aromatic carbocycles. The number of ether oxygens (including phenoxy) is 3. The van der Waals surface area contributed by atoms with Gasteiger partial charge in [-0.3, -0.25) is 0 Å². The summed E-state index contributed by atoms with van der Waals surface area (Å²) in [5.41, 5.74) is 1.26. The number of oxazole rings is 1. The maximum atomic E-state index is 11.7. The lowest BCUT2D eigenvalue weighted by atomic mass is 10.1. The zero-order valence-electron chi connectivity index (χ0n) is 12.2. The van der Waals surface area contributed by atoms with Crippen LogP contribution in [-0.4, -0.2) is 32.3 Å². The Kier molecular flexibility index (Phi) is 5.08. The average molecular weight is 291 g/mol. The molecule has 112 valence electrons. The summed E-state index contributed by atoms with van der Waals surface area (Å²) in [7, 11) is 4.35. The van der Waals surface area contributed by atoms with Gasteiger partial charge in [0, 0.05) is 14.2 Å². The summed E-state index contributed by atoms with van der Waals surface area (Å²) in [5.74, 6) is -0.271. The molecule has 6 nitrogen and oxygen atoms in total. The Morgan fingerprint density at radius 1 is 1.24 bits per heavy atom. The van der Waals surface area contributed by atoms with Crippen LogP contribution < -0.4 is 0 Å². The van der Waals surface area contributed by atoms with Crippen LogP contribution in [-0.2, 0) is 20.8 Å². The number of carbonyl (C=O) groups excluding carboxylic acids is 1. The van der Waals surface area contributed by atoms with Crippen LogP contribution >= 0.6 is 0 Å². The number of hydrogen-bond donors (Lipinski definition) is 0. The van der Waals surface area contributed by atoms with Crippen LogP contribution in [0.2, 0.25) is 0 Å². The fraction of sp³-hybridized carbons (Fsp3) is 0.333. The van der Waals surface area contributed by atoms with Gasteiger partial charge in [-0.2, -0.15) is 0 Å². The predicted molar refractivity (Wildman–Crippen MR) is 73.8 cm³/mol. The second-order valence-corrected chi connectivity index (χ2v) is 4.28. The van der Waals surface area contributed by atoms with Crippen molar-refractivity contribution < 1.29 is 23.4 Å². The third kappa shape index (κ3) is 3.29. The molecule has 6 heteroatoms. The first kappa shape index (κ1) is 15.2. The Morgan fingerprint density at radius 3 is 2.52 bits per heavy atom. The standard InChI is InChI=1S/C15H17NO5/c1-18-9-11-13(15(17)20-3)21-14(16-11)12(19-2)10-7-5-4-6-8-10/h4-8,12H,9H2,1-3H3. The van der Waals surface area contributed by atoms with Gasteiger partial charge < -0.3 is 18.6 Å². The fourth-order valence-corrected chi connectivity index (χ4v) is 1.98. The van der Waals surface area contributed by atoms with Gasteiger partial charge in [-0.25, -0.2) is 9.78 Å². The smallest absolute Gasteiger partial charge is 0.376 e. The Labute approximate surface area is 122 Å². The second kappa shape index (κ2) is 7.01. The summed E-state index contributed by atoms with van der Waals surface area (Å²) in [6, 6.07) is 9.48. The molecular formula is C15H17NO5. The summed E-state index contributed by atoms with van der Waals surface area (Å²) in [5, 5.41) is 0. The second-order valence-electron chi connectivity index (χ2n) is 4.28. The van der Waals surface area contributed by atoms with Gasteiger partial charge in [0.2, 0.25) is 11.7 Å². The van der Waals surface area contributed by atoms with Gasteiger partial charge in [0.15, 0.2) is 6.10 Å². The molecule has 1 heterocycles. The van der Waals surface area contributed by atoms with E-state index < -0.39 is 12.1 Å². The van der Waals surface area contributed by atoms with Crippen molar-refractivity contribution in [2.75, 3.05) is 21.3 Å². The third-order valence-electron chi connectivity index (χ3n) is 2.93. The number of rotatable bonds is 6. The first-order valence-electron chi connectivity index (χ1n) is 6.35. The molecule has 0 fully saturated rings. The van der Waals surface area contributed by atoms with Crippen molar-refractivity contribution in [1.29, 1.82) is 0 Å². The SMILES string of the molecule is COCc1nc(C(OC)c2ccccc2)oc1C(=O)OC. The van der Waals surface area contributed by atoms with E-state index in [1.54, 1.807) is 7.11 Å². The van der Waals surface area contributed by atoms with Crippen molar-refractivity contribution in [2.24, 2.45) is 0 Å². The van der Waals surface area contributed by atoms with E-state index in [9.17, 15) is 4.79 Å². The quantitative estimate of drug-likeness (QED) is 0.761. The van der Waals surface area contributed by atoms with E-state index in [4.69, 9.17) is 13.9 Å². The molecule has 0 aliphatic rings. The molecule has 0 amide bonds. The minimum atomic E-state index is -0.594. The van der Waals surface area contributed by atoms with E-state index in [-0.39, 0.29) is 18.3 Å². The molecule has 0 N–H and O–H groups in total. The Morgan fingerprint density at radius 2 is 1.95 bits per heavy atom. The number of aromatic nitrogens is 1. The monoisotopic (exact) mass is 291 g/mol. The number of nitrogens with zero attached hydrogens (tertiary/aromatic N) is 1.